The summed E-state index contributed by atoms with van der Waals surface area (Å²) in [5, 5.41) is 9.19. The quantitative estimate of drug-likeness (QED) is 0.518. The molecule has 0 bridgehead atoms. The Balaban J connectivity index is 1.39. The Kier molecular flexibility index (Phi) is 6.90. The van der Waals surface area contributed by atoms with Crippen molar-refractivity contribution in [3.8, 4) is 11.5 Å². The van der Waals surface area contributed by atoms with Gasteiger partial charge in [0.15, 0.2) is 11.5 Å². The molecule has 3 aromatic rings. The van der Waals surface area contributed by atoms with Gasteiger partial charge in [-0.2, -0.15) is 0 Å². The molecule has 33 heavy (non-hydrogen) atoms. The van der Waals surface area contributed by atoms with Crippen molar-refractivity contribution in [2.75, 3.05) is 26.1 Å². The van der Waals surface area contributed by atoms with E-state index in [2.05, 4.69) is 16.0 Å². The number of methoxy groups -OCH3 is 2. The predicted octanol–water partition coefficient (Wildman–Crippen LogP) is 3.53. The Bertz CT molecular complexity index is 1180. The Morgan fingerprint density at radius 2 is 1.67 bits per heavy atom. The Hall–Kier alpha value is -3.84. The Labute approximate surface area is 193 Å². The molecule has 170 valence electrons. The maximum absolute atomic E-state index is 12.8. The van der Waals surface area contributed by atoms with Crippen LogP contribution >= 0.6 is 0 Å². The average Bonchev–Trinajstić information content (AvgIpc) is 2.86. The predicted molar refractivity (Wildman–Crippen MR) is 127 cm³/mol. The molecule has 0 atom stereocenters. The molecule has 0 aliphatic carbocycles. The third-order valence-corrected chi connectivity index (χ3v) is 5.64. The van der Waals surface area contributed by atoms with Gasteiger partial charge >= 0.3 is 0 Å². The fourth-order valence-electron chi connectivity index (χ4n) is 3.84. The molecule has 2 amide bonds. The minimum atomic E-state index is -0.228. The molecule has 1 aliphatic heterocycles. The van der Waals surface area contributed by atoms with E-state index in [1.807, 2.05) is 42.5 Å². The van der Waals surface area contributed by atoms with E-state index in [1.54, 1.807) is 25.3 Å². The van der Waals surface area contributed by atoms with Gasteiger partial charge in [0.25, 0.3) is 11.8 Å². The van der Waals surface area contributed by atoms with Crippen LogP contribution in [-0.4, -0.2) is 32.6 Å². The van der Waals surface area contributed by atoms with Gasteiger partial charge in [-0.15, -0.1) is 0 Å². The number of benzene rings is 3. The third kappa shape index (κ3) is 5.32. The SMILES string of the molecule is COc1ccc(C(=O)NCc2cccc(NC(=O)c3ccc4c(c3)CCNC4)c2)cc1OC. The van der Waals surface area contributed by atoms with Gasteiger partial charge in [0, 0.05) is 29.9 Å². The summed E-state index contributed by atoms with van der Waals surface area (Å²) in [7, 11) is 3.08. The molecule has 0 saturated carbocycles. The van der Waals surface area contributed by atoms with Crippen molar-refractivity contribution in [3.63, 3.8) is 0 Å². The largest absolute Gasteiger partial charge is 0.493 e. The van der Waals surface area contributed by atoms with Crippen molar-refractivity contribution >= 4 is 17.5 Å². The van der Waals surface area contributed by atoms with Crippen molar-refractivity contribution in [1.82, 2.24) is 10.6 Å². The second kappa shape index (κ2) is 10.2. The first-order valence-corrected chi connectivity index (χ1v) is 10.8. The van der Waals surface area contributed by atoms with E-state index in [1.165, 1.54) is 18.2 Å². The molecule has 1 heterocycles. The number of ether oxygens (including phenoxy) is 2. The molecule has 0 fully saturated rings. The second-order valence-electron chi connectivity index (χ2n) is 7.82. The van der Waals surface area contributed by atoms with Crippen LogP contribution in [0.5, 0.6) is 11.5 Å². The standard InChI is InChI=1S/C26H27N3O4/c1-32-23-9-8-20(14-24(23)33-2)25(30)28-15-17-4-3-5-22(12-17)29-26(31)19-6-7-21-16-27-11-10-18(21)13-19/h3-9,12-14,27H,10-11,15-16H2,1-2H3,(H,28,30)(H,29,31). The third-order valence-electron chi connectivity index (χ3n) is 5.64. The fourth-order valence-corrected chi connectivity index (χ4v) is 3.84. The minimum absolute atomic E-state index is 0.150. The van der Waals surface area contributed by atoms with Crippen molar-refractivity contribution in [2.45, 2.75) is 19.5 Å². The van der Waals surface area contributed by atoms with Gasteiger partial charge in [-0.1, -0.05) is 18.2 Å². The smallest absolute Gasteiger partial charge is 0.255 e. The van der Waals surface area contributed by atoms with E-state index in [-0.39, 0.29) is 11.8 Å². The van der Waals surface area contributed by atoms with E-state index in [0.29, 0.717) is 34.9 Å². The molecule has 3 N–H and O–H groups in total. The molecule has 7 nitrogen and oxygen atoms in total. The lowest BCUT2D eigenvalue weighted by molar-refractivity contribution is 0.0949. The highest BCUT2D eigenvalue weighted by atomic mass is 16.5. The zero-order chi connectivity index (χ0) is 23.2. The lowest BCUT2D eigenvalue weighted by Gasteiger charge is -2.17. The van der Waals surface area contributed by atoms with E-state index in [9.17, 15) is 9.59 Å². The van der Waals surface area contributed by atoms with Crippen LogP contribution in [0.4, 0.5) is 5.69 Å². The molecule has 0 radical (unpaired) electrons. The summed E-state index contributed by atoms with van der Waals surface area (Å²) in [5.41, 5.74) is 5.12. The molecule has 1 aliphatic rings. The molecule has 0 unspecified atom stereocenters. The first-order chi connectivity index (χ1) is 16.1. The normalized spacial score (nSPS) is 12.4. The molecule has 3 aromatic carbocycles. The number of hydrogen-bond donors (Lipinski definition) is 3. The van der Waals surface area contributed by atoms with Crippen LogP contribution in [0.3, 0.4) is 0 Å². The first-order valence-electron chi connectivity index (χ1n) is 10.8. The van der Waals surface area contributed by atoms with Crippen LogP contribution < -0.4 is 25.4 Å². The monoisotopic (exact) mass is 445 g/mol. The summed E-state index contributed by atoms with van der Waals surface area (Å²) in [4.78, 5) is 25.3. The van der Waals surface area contributed by atoms with Crippen molar-refractivity contribution in [3.05, 3.63) is 88.5 Å². The van der Waals surface area contributed by atoms with Gasteiger partial charge in [0.1, 0.15) is 0 Å². The fraction of sp³-hybridized carbons (Fsp3) is 0.231. The number of rotatable bonds is 7. The van der Waals surface area contributed by atoms with E-state index in [0.717, 1.165) is 25.1 Å². The van der Waals surface area contributed by atoms with Crippen molar-refractivity contribution < 1.29 is 19.1 Å². The molecule has 0 spiro atoms. The van der Waals surface area contributed by atoms with Gasteiger partial charge in [-0.3, -0.25) is 9.59 Å². The summed E-state index contributed by atoms with van der Waals surface area (Å²) in [6.45, 7) is 2.09. The Morgan fingerprint density at radius 3 is 2.48 bits per heavy atom. The summed E-state index contributed by atoms with van der Waals surface area (Å²) in [6.07, 6.45) is 0.922. The van der Waals surface area contributed by atoms with Gasteiger partial charge in [-0.05, 0) is 72.1 Å². The molecule has 4 rings (SSSR count). The van der Waals surface area contributed by atoms with Crippen LogP contribution in [-0.2, 0) is 19.5 Å². The maximum Gasteiger partial charge on any atom is 0.255 e. The topological polar surface area (TPSA) is 88.7 Å². The molecule has 7 heteroatoms. The van der Waals surface area contributed by atoms with Gasteiger partial charge in [-0.25, -0.2) is 0 Å². The number of carbonyl (C=O) groups excluding carboxylic acids is 2. The van der Waals surface area contributed by atoms with Gasteiger partial charge in [0.2, 0.25) is 0 Å². The van der Waals surface area contributed by atoms with Crippen molar-refractivity contribution in [1.29, 1.82) is 0 Å². The van der Waals surface area contributed by atoms with Crippen molar-refractivity contribution in [2.24, 2.45) is 0 Å². The number of fused-ring (bicyclic) bond motifs is 1. The second-order valence-corrected chi connectivity index (χ2v) is 7.82. The number of carbonyl (C=O) groups is 2. The zero-order valence-corrected chi connectivity index (χ0v) is 18.7. The minimum Gasteiger partial charge on any atom is -0.493 e. The Morgan fingerprint density at radius 1 is 0.879 bits per heavy atom. The lowest BCUT2D eigenvalue weighted by atomic mass is 9.98. The molecule has 0 aromatic heterocycles. The van der Waals surface area contributed by atoms with Gasteiger partial charge < -0.3 is 25.4 Å². The summed E-state index contributed by atoms with van der Waals surface area (Å²) in [5.74, 6) is 0.679. The summed E-state index contributed by atoms with van der Waals surface area (Å²) in [6, 6.07) is 18.3. The number of amides is 2. The van der Waals surface area contributed by atoms with Crippen LogP contribution in [0.25, 0.3) is 0 Å². The van der Waals surface area contributed by atoms with Crippen LogP contribution in [0.1, 0.15) is 37.4 Å². The average molecular weight is 446 g/mol. The number of hydrogen-bond acceptors (Lipinski definition) is 5. The highest BCUT2D eigenvalue weighted by molar-refractivity contribution is 6.04. The molecular weight excluding hydrogens is 418 g/mol. The highest BCUT2D eigenvalue weighted by Gasteiger charge is 2.14. The maximum atomic E-state index is 12.8. The van der Waals surface area contributed by atoms with Crippen LogP contribution in [0, 0.1) is 0 Å². The van der Waals surface area contributed by atoms with E-state index >= 15 is 0 Å². The number of anilines is 1. The molecule has 0 saturated heterocycles. The van der Waals surface area contributed by atoms with Crippen LogP contribution in [0.15, 0.2) is 60.7 Å². The summed E-state index contributed by atoms with van der Waals surface area (Å²) < 4.78 is 10.5. The number of nitrogens with one attached hydrogen (secondary N) is 3. The van der Waals surface area contributed by atoms with E-state index in [4.69, 9.17) is 9.47 Å². The van der Waals surface area contributed by atoms with E-state index < -0.39 is 0 Å². The first kappa shape index (κ1) is 22.4. The highest BCUT2D eigenvalue weighted by Crippen LogP contribution is 2.27. The summed E-state index contributed by atoms with van der Waals surface area (Å²) >= 11 is 0. The lowest BCUT2D eigenvalue weighted by Crippen LogP contribution is -2.24. The zero-order valence-electron chi connectivity index (χ0n) is 18.7. The molecular formula is C26H27N3O4. The van der Waals surface area contributed by atoms with Crippen LogP contribution in [0.2, 0.25) is 0 Å². The van der Waals surface area contributed by atoms with Gasteiger partial charge in [0.05, 0.1) is 14.2 Å².